The third-order valence-corrected chi connectivity index (χ3v) is 3.65. The molecule has 0 saturated heterocycles. The fourth-order valence-electron chi connectivity index (χ4n) is 2.29. The van der Waals surface area contributed by atoms with Crippen molar-refractivity contribution in [1.29, 1.82) is 0 Å². The van der Waals surface area contributed by atoms with Crippen LogP contribution in [0.25, 0.3) is 0 Å². The number of benzene rings is 1. The fourth-order valence-corrected chi connectivity index (χ4v) is 2.29. The van der Waals surface area contributed by atoms with E-state index in [9.17, 15) is 22.4 Å². The van der Waals surface area contributed by atoms with Crippen LogP contribution in [0, 0.1) is 11.7 Å². The van der Waals surface area contributed by atoms with Gasteiger partial charge in [-0.15, -0.1) is 0 Å². The van der Waals surface area contributed by atoms with Gasteiger partial charge in [-0.05, 0) is 31.0 Å². The zero-order chi connectivity index (χ0) is 16.2. The van der Waals surface area contributed by atoms with E-state index in [0.29, 0.717) is 12.1 Å². The van der Waals surface area contributed by atoms with Gasteiger partial charge in [-0.2, -0.15) is 13.2 Å². The first-order valence-electron chi connectivity index (χ1n) is 6.88. The molecule has 1 aromatic carbocycles. The van der Waals surface area contributed by atoms with E-state index >= 15 is 0 Å². The lowest BCUT2D eigenvalue weighted by Gasteiger charge is -2.22. The molecular weight excluding hydrogens is 286 g/mol. The van der Waals surface area contributed by atoms with E-state index in [1.165, 1.54) is 0 Å². The van der Waals surface area contributed by atoms with E-state index in [1.54, 1.807) is 0 Å². The molecule has 0 aliphatic carbocycles. The minimum atomic E-state index is -4.82. The Labute approximate surface area is 121 Å². The quantitative estimate of drug-likeness (QED) is 0.803. The summed E-state index contributed by atoms with van der Waals surface area (Å²) in [5, 5.41) is 2.67. The van der Waals surface area contributed by atoms with Gasteiger partial charge in [0.15, 0.2) is 0 Å². The molecule has 1 N–H and O–H groups in total. The van der Waals surface area contributed by atoms with Gasteiger partial charge in [0.1, 0.15) is 5.82 Å². The van der Waals surface area contributed by atoms with Crippen LogP contribution in [0.5, 0.6) is 0 Å². The number of alkyl halides is 3. The summed E-state index contributed by atoms with van der Waals surface area (Å²) < 4.78 is 51.0. The van der Waals surface area contributed by atoms with Crippen LogP contribution in [0.4, 0.5) is 17.6 Å². The van der Waals surface area contributed by atoms with Crippen LogP contribution in [0.3, 0.4) is 0 Å². The Morgan fingerprint density at radius 1 is 1.24 bits per heavy atom. The molecule has 1 rings (SSSR count). The van der Waals surface area contributed by atoms with Gasteiger partial charge >= 0.3 is 6.18 Å². The molecule has 0 bridgehead atoms. The summed E-state index contributed by atoms with van der Waals surface area (Å²) in [5.74, 6) is -1.76. The van der Waals surface area contributed by atoms with E-state index in [1.807, 2.05) is 20.8 Å². The van der Waals surface area contributed by atoms with Gasteiger partial charge in [0.2, 0.25) is 0 Å². The maximum absolute atomic E-state index is 13.2. The third kappa shape index (κ3) is 4.44. The Hall–Kier alpha value is -1.59. The molecule has 0 heterocycles. The van der Waals surface area contributed by atoms with Crippen molar-refractivity contribution in [2.45, 2.75) is 45.8 Å². The highest BCUT2D eigenvalue weighted by Gasteiger charge is 2.34. The van der Waals surface area contributed by atoms with Gasteiger partial charge in [-0.1, -0.05) is 26.7 Å². The van der Waals surface area contributed by atoms with E-state index in [-0.39, 0.29) is 17.5 Å². The van der Waals surface area contributed by atoms with Crippen molar-refractivity contribution in [2.75, 3.05) is 0 Å². The average Bonchev–Trinajstić information content (AvgIpc) is 2.39. The second kappa shape index (κ2) is 6.91. The summed E-state index contributed by atoms with van der Waals surface area (Å²) in [6, 6.07) is 2.11. The lowest BCUT2D eigenvalue weighted by molar-refractivity contribution is -0.140. The highest BCUT2D eigenvalue weighted by molar-refractivity contribution is 5.94. The minimum absolute atomic E-state index is 0.160. The topological polar surface area (TPSA) is 29.1 Å². The van der Waals surface area contributed by atoms with Crippen LogP contribution in [0.1, 0.15) is 49.5 Å². The summed E-state index contributed by atoms with van der Waals surface area (Å²) in [6.45, 7) is 5.77. The van der Waals surface area contributed by atoms with Gasteiger partial charge in [-0.3, -0.25) is 4.79 Å². The molecule has 0 aliphatic heterocycles. The monoisotopic (exact) mass is 305 g/mol. The van der Waals surface area contributed by atoms with Crippen molar-refractivity contribution in [3.05, 3.63) is 35.1 Å². The van der Waals surface area contributed by atoms with Crippen LogP contribution < -0.4 is 5.32 Å². The van der Waals surface area contributed by atoms with E-state index in [4.69, 9.17) is 0 Å². The van der Waals surface area contributed by atoms with Crippen LogP contribution in [0.2, 0.25) is 0 Å². The number of halogens is 4. The molecule has 2 nitrogen and oxygen atoms in total. The van der Waals surface area contributed by atoms with Gasteiger partial charge in [0.25, 0.3) is 5.91 Å². The molecule has 0 aliphatic rings. The highest BCUT2D eigenvalue weighted by atomic mass is 19.4. The molecule has 1 aromatic rings. The van der Waals surface area contributed by atoms with Gasteiger partial charge in [-0.25, -0.2) is 4.39 Å². The van der Waals surface area contributed by atoms with E-state index in [0.717, 1.165) is 18.9 Å². The van der Waals surface area contributed by atoms with Gasteiger partial charge < -0.3 is 5.32 Å². The molecule has 6 heteroatoms. The molecule has 0 saturated carbocycles. The second-order valence-electron chi connectivity index (χ2n) is 5.03. The zero-order valence-electron chi connectivity index (χ0n) is 12.2. The molecule has 0 fully saturated rings. The van der Waals surface area contributed by atoms with Gasteiger partial charge in [0, 0.05) is 11.6 Å². The lowest BCUT2D eigenvalue weighted by atomic mass is 9.95. The molecule has 0 spiro atoms. The normalized spacial score (nSPS) is 13.3. The molecular formula is C15H19F4NO. The maximum atomic E-state index is 13.2. The van der Waals surface area contributed by atoms with E-state index < -0.39 is 23.5 Å². The van der Waals surface area contributed by atoms with Crippen molar-refractivity contribution >= 4 is 5.91 Å². The van der Waals surface area contributed by atoms with Crippen LogP contribution in [-0.2, 0) is 6.18 Å². The smallest absolute Gasteiger partial charge is 0.349 e. The van der Waals surface area contributed by atoms with Crippen LogP contribution in [-0.4, -0.2) is 11.9 Å². The molecule has 21 heavy (non-hydrogen) atoms. The molecule has 1 atom stereocenters. The number of amides is 1. The Balaban J connectivity index is 2.94. The molecule has 1 amide bonds. The summed E-state index contributed by atoms with van der Waals surface area (Å²) >= 11 is 0. The summed E-state index contributed by atoms with van der Waals surface area (Å²) in [4.78, 5) is 12.0. The minimum Gasteiger partial charge on any atom is -0.349 e. The Kier molecular flexibility index (Phi) is 5.75. The first kappa shape index (κ1) is 17.5. The Morgan fingerprint density at radius 3 is 2.29 bits per heavy atom. The maximum Gasteiger partial charge on any atom is 0.419 e. The average molecular weight is 305 g/mol. The SMILES string of the molecule is CCC(CC)C(C)NC(=O)c1ccc(F)c(C(F)(F)F)c1. The Morgan fingerprint density at radius 2 is 1.81 bits per heavy atom. The zero-order valence-corrected chi connectivity index (χ0v) is 12.2. The molecule has 1 unspecified atom stereocenters. The highest BCUT2D eigenvalue weighted by Crippen LogP contribution is 2.31. The fraction of sp³-hybridized carbons (Fsp3) is 0.533. The van der Waals surface area contributed by atoms with Crippen LogP contribution in [0.15, 0.2) is 18.2 Å². The number of carbonyl (C=O) groups is 1. The van der Waals surface area contributed by atoms with Crippen molar-refractivity contribution in [3.8, 4) is 0 Å². The van der Waals surface area contributed by atoms with Gasteiger partial charge in [0.05, 0.1) is 5.56 Å². The summed E-state index contributed by atoms with van der Waals surface area (Å²) in [6.07, 6.45) is -3.11. The summed E-state index contributed by atoms with van der Waals surface area (Å²) in [7, 11) is 0. The second-order valence-corrected chi connectivity index (χ2v) is 5.03. The van der Waals surface area contributed by atoms with Crippen molar-refractivity contribution in [3.63, 3.8) is 0 Å². The Bertz CT molecular complexity index is 495. The first-order chi connectivity index (χ1) is 9.70. The van der Waals surface area contributed by atoms with Crippen molar-refractivity contribution in [2.24, 2.45) is 5.92 Å². The largest absolute Gasteiger partial charge is 0.419 e. The third-order valence-electron chi connectivity index (χ3n) is 3.65. The number of hydrogen-bond donors (Lipinski definition) is 1. The standard InChI is InChI=1S/C15H19F4NO/c1-4-10(5-2)9(3)20-14(21)11-6-7-13(16)12(8-11)15(17,18)19/h6-10H,4-5H2,1-3H3,(H,20,21). The predicted octanol–water partition coefficient (Wildman–Crippen LogP) is 4.40. The number of carbonyl (C=O) groups excluding carboxylic acids is 1. The first-order valence-corrected chi connectivity index (χ1v) is 6.88. The predicted molar refractivity (Wildman–Crippen MR) is 72.4 cm³/mol. The molecule has 118 valence electrons. The number of hydrogen-bond acceptors (Lipinski definition) is 1. The summed E-state index contributed by atoms with van der Waals surface area (Å²) in [5.41, 5.74) is -1.62. The van der Waals surface area contributed by atoms with Crippen molar-refractivity contribution in [1.82, 2.24) is 5.32 Å². The lowest BCUT2D eigenvalue weighted by Crippen LogP contribution is -2.37. The molecule has 0 aromatic heterocycles. The van der Waals surface area contributed by atoms with Crippen LogP contribution >= 0.6 is 0 Å². The molecule has 0 radical (unpaired) electrons. The van der Waals surface area contributed by atoms with Crippen molar-refractivity contribution < 1.29 is 22.4 Å². The van der Waals surface area contributed by atoms with E-state index in [2.05, 4.69) is 5.32 Å². The number of rotatable bonds is 5. The number of nitrogens with one attached hydrogen (secondary N) is 1.